The Balaban J connectivity index is 1.69. The lowest BCUT2D eigenvalue weighted by Gasteiger charge is -2.14. The molecule has 31 heavy (non-hydrogen) atoms. The normalized spacial score (nSPS) is 12.9. The molecule has 3 rings (SSSR count). The Bertz CT molecular complexity index is 1100. The van der Waals surface area contributed by atoms with Gasteiger partial charge in [-0.2, -0.15) is 0 Å². The highest BCUT2D eigenvalue weighted by Gasteiger charge is 2.17. The lowest BCUT2D eigenvalue weighted by Crippen LogP contribution is -2.11. The second-order valence-electron chi connectivity index (χ2n) is 7.30. The van der Waals surface area contributed by atoms with E-state index in [1.807, 2.05) is 31.2 Å². The fraction of sp³-hybridized carbons (Fsp3) is 0.261. The third-order valence-corrected chi connectivity index (χ3v) is 5.97. The van der Waals surface area contributed by atoms with E-state index >= 15 is 0 Å². The van der Waals surface area contributed by atoms with Crippen molar-refractivity contribution in [2.75, 3.05) is 25.4 Å². The van der Waals surface area contributed by atoms with Crippen LogP contribution in [0.1, 0.15) is 28.5 Å². The Kier molecular flexibility index (Phi) is 7.21. The number of Topliss-reactive ketones (excluding diaryl/α,β-unsaturated/α-hetero) is 1. The summed E-state index contributed by atoms with van der Waals surface area (Å²) in [6, 6.07) is 14.8. The number of ether oxygens (including phenoxy) is 1. The molecule has 0 radical (unpaired) electrons. The molecule has 8 heteroatoms. The fourth-order valence-corrected chi connectivity index (χ4v) is 3.95. The minimum atomic E-state index is -2.78. The van der Waals surface area contributed by atoms with E-state index in [0.717, 1.165) is 16.7 Å². The van der Waals surface area contributed by atoms with Crippen LogP contribution in [0.25, 0.3) is 11.3 Å². The molecule has 0 bridgehead atoms. The molecule has 3 aromatic rings. The summed E-state index contributed by atoms with van der Waals surface area (Å²) in [5.41, 5.74) is 9.46. The number of carbonyl (C=O) groups excluding carboxylic acids is 1. The molecule has 1 aromatic heterocycles. The molecule has 0 amide bonds. The number of nitrogens with two attached hydrogens (primary N) is 1. The zero-order valence-corrected chi connectivity index (χ0v) is 18.8. The molecule has 0 saturated heterocycles. The quantitative estimate of drug-likeness (QED) is 0.379. The van der Waals surface area contributed by atoms with Gasteiger partial charge in [-0.3, -0.25) is 9.36 Å². The van der Waals surface area contributed by atoms with Gasteiger partial charge in [0.1, 0.15) is 11.4 Å². The Morgan fingerprint density at radius 1 is 1.10 bits per heavy atom. The summed E-state index contributed by atoms with van der Waals surface area (Å²) >= 11 is 0. The van der Waals surface area contributed by atoms with Gasteiger partial charge in [0.05, 0.1) is 18.5 Å². The molecule has 1 atom stereocenters. The average Bonchev–Trinajstić information content (AvgIpc) is 2.74. The maximum atomic E-state index is 12.8. The number of hydrogen-bond acceptors (Lipinski definition) is 7. The maximum absolute atomic E-state index is 12.8. The van der Waals surface area contributed by atoms with E-state index in [1.54, 1.807) is 44.1 Å². The number of nitrogens with zero attached hydrogens (tertiary/aromatic N) is 2. The van der Waals surface area contributed by atoms with E-state index in [0.29, 0.717) is 18.1 Å². The van der Waals surface area contributed by atoms with E-state index in [1.165, 1.54) is 0 Å². The van der Waals surface area contributed by atoms with Gasteiger partial charge in [0.2, 0.25) is 7.37 Å². The minimum Gasteiger partial charge on any atom is -0.484 e. The van der Waals surface area contributed by atoms with Crippen LogP contribution in [0.4, 0.5) is 5.82 Å². The zero-order valence-electron chi connectivity index (χ0n) is 17.9. The van der Waals surface area contributed by atoms with Gasteiger partial charge in [0, 0.05) is 18.6 Å². The molecular formula is C23H26N3O4P. The molecule has 0 saturated carbocycles. The average molecular weight is 439 g/mol. The van der Waals surface area contributed by atoms with Crippen LogP contribution >= 0.6 is 7.37 Å². The molecule has 0 aliphatic rings. The topological polar surface area (TPSA) is 104 Å². The van der Waals surface area contributed by atoms with Crippen molar-refractivity contribution in [3.8, 4) is 17.0 Å². The third-order valence-electron chi connectivity index (χ3n) is 4.57. The number of hydrogen-bond donors (Lipinski definition) is 1. The van der Waals surface area contributed by atoms with Crippen molar-refractivity contribution in [1.82, 2.24) is 9.97 Å². The Morgan fingerprint density at radius 2 is 1.77 bits per heavy atom. The number of anilines is 1. The number of ketones is 1. The van der Waals surface area contributed by atoms with Crippen molar-refractivity contribution in [2.24, 2.45) is 0 Å². The van der Waals surface area contributed by atoms with E-state index in [4.69, 9.17) is 15.0 Å². The molecule has 0 aliphatic heterocycles. The van der Waals surface area contributed by atoms with E-state index in [2.05, 4.69) is 9.97 Å². The van der Waals surface area contributed by atoms with E-state index in [9.17, 15) is 9.36 Å². The Labute approximate surface area is 182 Å². The highest BCUT2D eigenvalue weighted by atomic mass is 31.2. The molecule has 0 fully saturated rings. The van der Waals surface area contributed by atoms with Crippen molar-refractivity contribution < 1.29 is 18.6 Å². The van der Waals surface area contributed by atoms with E-state index in [-0.39, 0.29) is 30.1 Å². The van der Waals surface area contributed by atoms with Crippen LogP contribution in [0.5, 0.6) is 5.75 Å². The Morgan fingerprint density at radius 3 is 2.42 bits per heavy atom. The first-order valence-corrected chi connectivity index (χ1v) is 12.2. The number of nitrogen functional groups attached to an aromatic ring is 1. The maximum Gasteiger partial charge on any atom is 0.236 e. The first kappa shape index (κ1) is 22.7. The molecule has 162 valence electrons. The molecule has 1 heterocycles. The highest BCUT2D eigenvalue weighted by molar-refractivity contribution is 7.57. The molecular weight excluding hydrogens is 413 g/mol. The lowest BCUT2D eigenvalue weighted by molar-refractivity contribution is 0.0989. The number of benzene rings is 2. The summed E-state index contributed by atoms with van der Waals surface area (Å²) < 4.78 is 22.9. The summed E-state index contributed by atoms with van der Waals surface area (Å²) in [6.07, 6.45) is 1.69. The smallest absolute Gasteiger partial charge is 0.236 e. The van der Waals surface area contributed by atoms with Gasteiger partial charge in [0.15, 0.2) is 17.9 Å². The summed E-state index contributed by atoms with van der Waals surface area (Å²) in [7, 11) is -2.78. The molecule has 7 nitrogen and oxygen atoms in total. The van der Waals surface area contributed by atoms with Gasteiger partial charge in [0.25, 0.3) is 0 Å². The highest BCUT2D eigenvalue weighted by Crippen LogP contribution is 2.42. The SMILES string of the molecule is CCOP(C)(=O)COc1ccc(CC(=O)c2nc(-c3ccc(C)cc3)cnc2N)cc1. The van der Waals surface area contributed by atoms with Crippen LogP contribution in [0.2, 0.25) is 0 Å². The predicted molar refractivity (Wildman–Crippen MR) is 122 cm³/mol. The van der Waals surface area contributed by atoms with Crippen LogP contribution in [-0.2, 0) is 15.5 Å². The van der Waals surface area contributed by atoms with Gasteiger partial charge in [-0.05, 0) is 31.5 Å². The van der Waals surface area contributed by atoms with Crippen molar-refractivity contribution in [3.05, 3.63) is 71.5 Å². The standard InChI is InChI=1S/C23H26N3O4P/c1-4-30-31(3,28)15-29-19-11-7-17(8-12-19)13-21(27)22-23(24)25-14-20(26-22)18-9-5-16(2)6-10-18/h5-12,14H,4,13,15H2,1-3H3,(H2,24,25). The Hall–Kier alpha value is -3.02. The number of carbonyl (C=O) groups is 1. The summed E-state index contributed by atoms with van der Waals surface area (Å²) in [6.45, 7) is 5.70. The molecule has 2 N–H and O–H groups in total. The zero-order chi connectivity index (χ0) is 22.4. The molecule has 2 aromatic carbocycles. The lowest BCUT2D eigenvalue weighted by atomic mass is 10.1. The first-order chi connectivity index (χ1) is 14.8. The number of aromatic nitrogens is 2. The molecule has 1 unspecified atom stereocenters. The van der Waals surface area contributed by atoms with Gasteiger partial charge in [-0.1, -0.05) is 42.0 Å². The summed E-state index contributed by atoms with van der Waals surface area (Å²) in [5.74, 6) is 0.441. The second-order valence-corrected chi connectivity index (χ2v) is 9.85. The predicted octanol–water partition coefficient (Wildman–Crippen LogP) is 4.74. The van der Waals surface area contributed by atoms with Crippen LogP contribution in [-0.4, -0.2) is 35.4 Å². The first-order valence-electron chi connectivity index (χ1n) is 9.93. The van der Waals surface area contributed by atoms with Gasteiger partial charge in [-0.15, -0.1) is 0 Å². The second kappa shape index (κ2) is 9.86. The minimum absolute atomic E-state index is 0.00293. The monoisotopic (exact) mass is 439 g/mol. The van der Waals surface area contributed by atoms with Crippen molar-refractivity contribution in [1.29, 1.82) is 0 Å². The molecule has 0 aliphatic carbocycles. The van der Waals surface area contributed by atoms with Crippen molar-refractivity contribution in [3.63, 3.8) is 0 Å². The van der Waals surface area contributed by atoms with Gasteiger partial charge < -0.3 is 15.0 Å². The van der Waals surface area contributed by atoms with Crippen molar-refractivity contribution in [2.45, 2.75) is 20.3 Å². The fourth-order valence-electron chi connectivity index (χ4n) is 2.94. The van der Waals surface area contributed by atoms with Crippen LogP contribution in [0.3, 0.4) is 0 Å². The third kappa shape index (κ3) is 6.23. The molecule has 0 spiro atoms. The van der Waals surface area contributed by atoms with Gasteiger partial charge in [-0.25, -0.2) is 9.97 Å². The number of rotatable bonds is 9. The van der Waals surface area contributed by atoms with Crippen molar-refractivity contribution >= 4 is 19.0 Å². The largest absolute Gasteiger partial charge is 0.484 e. The van der Waals surface area contributed by atoms with E-state index < -0.39 is 7.37 Å². The van der Waals surface area contributed by atoms with Crippen LogP contribution in [0, 0.1) is 6.92 Å². The van der Waals surface area contributed by atoms with Crippen LogP contribution in [0.15, 0.2) is 54.7 Å². The summed E-state index contributed by atoms with van der Waals surface area (Å²) in [5, 5.41) is 0. The van der Waals surface area contributed by atoms with Crippen LogP contribution < -0.4 is 10.5 Å². The summed E-state index contributed by atoms with van der Waals surface area (Å²) in [4.78, 5) is 21.4. The number of aryl methyl sites for hydroxylation is 1. The van der Waals surface area contributed by atoms with Gasteiger partial charge >= 0.3 is 0 Å².